The average Bonchev–Trinajstić information content (AvgIpc) is 2.24. The molecule has 16 heavy (non-hydrogen) atoms. The maximum atomic E-state index is 11.7. The van der Waals surface area contributed by atoms with E-state index < -0.39 is 21.0 Å². The van der Waals surface area contributed by atoms with E-state index in [4.69, 9.17) is 5.11 Å². The SMILES string of the molecule is CC[C@@H](CO)NC(=O)C1CCCCS1(=O)=O. The first-order valence-corrected chi connectivity index (χ1v) is 7.35. The predicted molar refractivity (Wildman–Crippen MR) is 60.7 cm³/mol. The molecule has 0 aromatic carbocycles. The molecule has 94 valence electrons. The molecule has 1 amide bonds. The number of carbonyl (C=O) groups excluding carboxylic acids is 1. The molecule has 0 aromatic heterocycles. The Bertz CT molecular complexity index is 335. The number of hydrogen-bond acceptors (Lipinski definition) is 4. The maximum absolute atomic E-state index is 11.7. The quantitative estimate of drug-likeness (QED) is 0.725. The predicted octanol–water partition coefficient (Wildman–Crippen LogP) is -0.159. The molecule has 2 N–H and O–H groups in total. The molecule has 2 atom stereocenters. The molecule has 6 heteroatoms. The van der Waals surface area contributed by atoms with E-state index in [0.717, 1.165) is 6.42 Å². The summed E-state index contributed by atoms with van der Waals surface area (Å²) in [4.78, 5) is 11.7. The molecule has 1 aliphatic heterocycles. The molecule has 1 fully saturated rings. The van der Waals surface area contributed by atoms with E-state index in [1.807, 2.05) is 6.92 Å². The second-order valence-corrected chi connectivity index (χ2v) is 6.45. The van der Waals surface area contributed by atoms with Crippen LogP contribution in [0, 0.1) is 0 Å². The lowest BCUT2D eigenvalue weighted by atomic mass is 10.1. The summed E-state index contributed by atoms with van der Waals surface area (Å²) in [5.74, 6) is -0.360. The third kappa shape index (κ3) is 3.18. The topological polar surface area (TPSA) is 83.5 Å². The Morgan fingerprint density at radius 2 is 2.19 bits per heavy atom. The van der Waals surface area contributed by atoms with Crippen molar-refractivity contribution in [3.63, 3.8) is 0 Å². The van der Waals surface area contributed by atoms with Gasteiger partial charge < -0.3 is 10.4 Å². The molecule has 0 bridgehead atoms. The van der Waals surface area contributed by atoms with Crippen LogP contribution in [0.2, 0.25) is 0 Å². The summed E-state index contributed by atoms with van der Waals surface area (Å²) in [7, 11) is -3.28. The summed E-state index contributed by atoms with van der Waals surface area (Å²) >= 11 is 0. The Hall–Kier alpha value is -0.620. The first-order valence-electron chi connectivity index (χ1n) is 5.64. The Kier molecular flexibility index (Phi) is 4.73. The Balaban J connectivity index is 2.65. The highest BCUT2D eigenvalue weighted by atomic mass is 32.2. The third-order valence-electron chi connectivity index (χ3n) is 2.93. The van der Waals surface area contributed by atoms with Crippen LogP contribution in [0.1, 0.15) is 32.6 Å². The highest BCUT2D eigenvalue weighted by molar-refractivity contribution is 7.92. The fraction of sp³-hybridized carbons (Fsp3) is 0.900. The summed E-state index contributed by atoms with van der Waals surface area (Å²) in [5, 5.41) is 10.6. The number of rotatable bonds is 4. The molecule has 1 aliphatic rings. The minimum Gasteiger partial charge on any atom is -0.394 e. The van der Waals surface area contributed by atoms with Crippen molar-refractivity contribution in [2.75, 3.05) is 12.4 Å². The lowest BCUT2D eigenvalue weighted by Crippen LogP contribution is -2.47. The van der Waals surface area contributed by atoms with Crippen molar-refractivity contribution < 1.29 is 18.3 Å². The van der Waals surface area contributed by atoms with Gasteiger partial charge in [0.05, 0.1) is 18.4 Å². The second-order valence-electron chi connectivity index (χ2n) is 4.15. The lowest BCUT2D eigenvalue weighted by molar-refractivity contribution is -0.121. The molecule has 1 saturated heterocycles. The van der Waals surface area contributed by atoms with Gasteiger partial charge in [-0.05, 0) is 19.3 Å². The summed E-state index contributed by atoms with van der Waals surface area (Å²) < 4.78 is 23.3. The number of carbonyl (C=O) groups is 1. The van der Waals surface area contributed by atoms with Crippen LogP contribution in [0.3, 0.4) is 0 Å². The Labute approximate surface area is 96.1 Å². The van der Waals surface area contributed by atoms with E-state index in [1.165, 1.54) is 0 Å². The van der Waals surface area contributed by atoms with E-state index >= 15 is 0 Å². The zero-order valence-corrected chi connectivity index (χ0v) is 10.3. The van der Waals surface area contributed by atoms with Crippen molar-refractivity contribution in [2.24, 2.45) is 0 Å². The van der Waals surface area contributed by atoms with Gasteiger partial charge >= 0.3 is 0 Å². The summed E-state index contributed by atoms with van der Waals surface area (Å²) in [6, 6.07) is -0.343. The molecule has 1 heterocycles. The molecule has 1 rings (SSSR count). The first-order chi connectivity index (χ1) is 7.51. The van der Waals surface area contributed by atoms with Gasteiger partial charge in [0.2, 0.25) is 5.91 Å². The molecular formula is C10H19NO4S. The van der Waals surface area contributed by atoms with E-state index in [1.54, 1.807) is 0 Å². The molecule has 1 unspecified atom stereocenters. The van der Waals surface area contributed by atoms with Crippen molar-refractivity contribution in [1.82, 2.24) is 5.32 Å². The van der Waals surface area contributed by atoms with Crippen LogP contribution in [-0.4, -0.2) is 43.1 Å². The van der Waals surface area contributed by atoms with Gasteiger partial charge in [-0.2, -0.15) is 0 Å². The standard InChI is InChI=1S/C10H19NO4S/c1-2-8(7-12)11-10(13)9-5-3-4-6-16(9,14)15/h8-9,12H,2-7H2,1H3,(H,11,13)/t8-,9?/m0/s1. The van der Waals surface area contributed by atoms with Crippen LogP contribution in [0.5, 0.6) is 0 Å². The molecule has 0 spiro atoms. The normalized spacial score (nSPS) is 26.0. The molecule has 0 aromatic rings. The van der Waals surface area contributed by atoms with Gasteiger partial charge in [-0.25, -0.2) is 8.42 Å². The Morgan fingerprint density at radius 1 is 1.50 bits per heavy atom. The maximum Gasteiger partial charge on any atom is 0.238 e. The van der Waals surface area contributed by atoms with Crippen LogP contribution >= 0.6 is 0 Å². The van der Waals surface area contributed by atoms with Crippen molar-refractivity contribution in [3.8, 4) is 0 Å². The zero-order chi connectivity index (χ0) is 12.2. The van der Waals surface area contributed by atoms with Gasteiger partial charge in [0, 0.05) is 0 Å². The second kappa shape index (κ2) is 5.63. The lowest BCUT2D eigenvalue weighted by Gasteiger charge is -2.23. The van der Waals surface area contributed by atoms with E-state index in [2.05, 4.69) is 5.32 Å². The fourth-order valence-corrected chi connectivity index (χ4v) is 3.63. The molecule has 0 saturated carbocycles. The molecule has 5 nitrogen and oxygen atoms in total. The van der Waals surface area contributed by atoms with Crippen molar-refractivity contribution in [1.29, 1.82) is 0 Å². The number of nitrogens with one attached hydrogen (secondary N) is 1. The minimum absolute atomic E-state index is 0.0982. The molecule has 0 aliphatic carbocycles. The first kappa shape index (κ1) is 13.4. The van der Waals surface area contributed by atoms with Crippen LogP contribution < -0.4 is 5.32 Å². The van der Waals surface area contributed by atoms with Gasteiger partial charge in [0.25, 0.3) is 0 Å². The van der Waals surface area contributed by atoms with Crippen LogP contribution in [0.15, 0.2) is 0 Å². The molecular weight excluding hydrogens is 230 g/mol. The Morgan fingerprint density at radius 3 is 2.69 bits per heavy atom. The minimum atomic E-state index is -3.28. The molecule has 0 radical (unpaired) electrons. The van der Waals surface area contributed by atoms with Gasteiger partial charge in [0.1, 0.15) is 5.25 Å². The fourth-order valence-electron chi connectivity index (χ4n) is 1.82. The summed E-state index contributed by atoms with van der Waals surface area (Å²) in [6.45, 7) is 1.67. The zero-order valence-electron chi connectivity index (χ0n) is 9.48. The van der Waals surface area contributed by atoms with Gasteiger partial charge in [-0.1, -0.05) is 13.3 Å². The number of sulfone groups is 1. The number of hydrogen-bond donors (Lipinski definition) is 2. The average molecular weight is 249 g/mol. The monoisotopic (exact) mass is 249 g/mol. The highest BCUT2D eigenvalue weighted by Crippen LogP contribution is 2.19. The van der Waals surface area contributed by atoms with E-state index in [9.17, 15) is 13.2 Å². The largest absolute Gasteiger partial charge is 0.394 e. The van der Waals surface area contributed by atoms with Crippen LogP contribution in [0.4, 0.5) is 0 Å². The number of aliphatic hydroxyl groups is 1. The van der Waals surface area contributed by atoms with Gasteiger partial charge in [0.15, 0.2) is 9.84 Å². The van der Waals surface area contributed by atoms with Crippen LogP contribution in [-0.2, 0) is 14.6 Å². The summed E-state index contributed by atoms with van der Waals surface area (Å²) in [6.07, 6.45) is 2.40. The van der Waals surface area contributed by atoms with Crippen molar-refractivity contribution in [3.05, 3.63) is 0 Å². The third-order valence-corrected chi connectivity index (χ3v) is 5.11. The van der Waals surface area contributed by atoms with E-state index in [-0.39, 0.29) is 18.4 Å². The summed E-state index contributed by atoms with van der Waals surface area (Å²) in [5.41, 5.74) is 0. The smallest absolute Gasteiger partial charge is 0.238 e. The van der Waals surface area contributed by atoms with Gasteiger partial charge in [-0.3, -0.25) is 4.79 Å². The van der Waals surface area contributed by atoms with Crippen molar-refractivity contribution >= 4 is 15.7 Å². The van der Waals surface area contributed by atoms with Gasteiger partial charge in [-0.15, -0.1) is 0 Å². The number of amides is 1. The number of aliphatic hydroxyl groups excluding tert-OH is 1. The highest BCUT2D eigenvalue weighted by Gasteiger charge is 2.35. The van der Waals surface area contributed by atoms with E-state index in [0.29, 0.717) is 19.3 Å². The van der Waals surface area contributed by atoms with Crippen LogP contribution in [0.25, 0.3) is 0 Å². The van der Waals surface area contributed by atoms with Crippen molar-refractivity contribution in [2.45, 2.75) is 43.9 Å².